The van der Waals surface area contributed by atoms with Crippen LogP contribution in [0.2, 0.25) is 0 Å². The van der Waals surface area contributed by atoms with Crippen LogP contribution in [-0.2, 0) is 0 Å². The van der Waals surface area contributed by atoms with Crippen molar-refractivity contribution in [1.82, 2.24) is 19.8 Å². The van der Waals surface area contributed by atoms with Gasteiger partial charge in [0, 0.05) is 75.6 Å². The molecule has 3 N–H and O–H groups in total. The molecule has 2 aromatic carbocycles. The normalized spacial score (nSPS) is 16.8. The molecule has 0 radical (unpaired) electrons. The number of aryl methyl sites for hydroxylation is 1. The molecular weight excluding hydrogens is 616 g/mol. The standard InChI is InChI=1S/C30H41BrN8O2S/c1-20-16-26(28(41-4)18-27(20)39-10-8-21(9-11-39)38-14-12-37(2)13-15-38)34-30-32-19-23(31)29(35-30)33-24-7-6-22(40-3)17-25(24)36-42-5/h6-7,16-19,21,36H,8-15H2,1-5H3,(H2,32,33,34,35). The molecule has 2 aliphatic rings. The zero-order valence-corrected chi connectivity index (χ0v) is 27.4. The van der Waals surface area contributed by atoms with Gasteiger partial charge in [0.1, 0.15) is 17.3 Å². The smallest absolute Gasteiger partial charge is 0.229 e. The second kappa shape index (κ2) is 14.0. The van der Waals surface area contributed by atoms with Crippen LogP contribution in [0.1, 0.15) is 18.4 Å². The largest absolute Gasteiger partial charge is 0.497 e. The van der Waals surface area contributed by atoms with Crippen LogP contribution in [0.5, 0.6) is 11.5 Å². The second-order valence-electron chi connectivity index (χ2n) is 10.8. The molecule has 2 fully saturated rings. The third kappa shape index (κ3) is 7.16. The summed E-state index contributed by atoms with van der Waals surface area (Å²) >= 11 is 5.10. The Morgan fingerprint density at radius 1 is 0.929 bits per heavy atom. The van der Waals surface area contributed by atoms with Gasteiger partial charge in [0.25, 0.3) is 0 Å². The first kappa shape index (κ1) is 30.5. The molecule has 226 valence electrons. The number of nitrogens with one attached hydrogen (secondary N) is 3. The molecule has 2 saturated heterocycles. The van der Waals surface area contributed by atoms with Gasteiger partial charge in [-0.3, -0.25) is 4.90 Å². The number of methoxy groups -OCH3 is 2. The van der Waals surface area contributed by atoms with Crippen molar-refractivity contribution in [2.75, 3.05) is 87.0 Å². The first-order valence-corrected chi connectivity index (χ1v) is 16.3. The predicted octanol–water partition coefficient (Wildman–Crippen LogP) is 5.96. The highest BCUT2D eigenvalue weighted by Gasteiger charge is 2.27. The number of piperidine rings is 1. The maximum Gasteiger partial charge on any atom is 0.229 e. The first-order chi connectivity index (χ1) is 20.4. The molecule has 3 heterocycles. The zero-order valence-electron chi connectivity index (χ0n) is 25.0. The van der Waals surface area contributed by atoms with Crippen LogP contribution in [-0.4, -0.2) is 92.6 Å². The molecule has 12 heteroatoms. The lowest BCUT2D eigenvalue weighted by Gasteiger charge is -2.43. The minimum atomic E-state index is 0.465. The third-order valence-electron chi connectivity index (χ3n) is 8.06. The van der Waals surface area contributed by atoms with E-state index in [0.29, 0.717) is 17.8 Å². The van der Waals surface area contributed by atoms with E-state index in [0.717, 1.165) is 46.1 Å². The van der Waals surface area contributed by atoms with E-state index in [9.17, 15) is 0 Å². The van der Waals surface area contributed by atoms with Crippen molar-refractivity contribution in [1.29, 1.82) is 0 Å². The molecule has 42 heavy (non-hydrogen) atoms. The monoisotopic (exact) mass is 656 g/mol. The molecule has 0 bridgehead atoms. The van der Waals surface area contributed by atoms with Gasteiger partial charge < -0.3 is 34.6 Å². The molecule has 5 rings (SSSR count). The number of piperazine rings is 1. The number of hydrogen-bond donors (Lipinski definition) is 3. The van der Waals surface area contributed by atoms with E-state index < -0.39 is 0 Å². The highest BCUT2D eigenvalue weighted by Crippen LogP contribution is 2.37. The van der Waals surface area contributed by atoms with Gasteiger partial charge in [-0.05, 0) is 66.5 Å². The summed E-state index contributed by atoms with van der Waals surface area (Å²) in [6.45, 7) is 8.96. The Labute approximate surface area is 261 Å². The summed E-state index contributed by atoms with van der Waals surface area (Å²) < 4.78 is 15.3. The topological polar surface area (TPSA) is 90.1 Å². The summed E-state index contributed by atoms with van der Waals surface area (Å²) in [7, 11) is 5.58. The number of ether oxygens (including phenoxy) is 2. The number of aromatic nitrogens is 2. The average molecular weight is 658 g/mol. The Hall–Kier alpha value is -2.93. The van der Waals surface area contributed by atoms with Crippen molar-refractivity contribution >= 4 is 62.4 Å². The van der Waals surface area contributed by atoms with Crippen LogP contribution < -0.4 is 29.7 Å². The lowest BCUT2D eigenvalue weighted by atomic mass is 10.0. The van der Waals surface area contributed by atoms with Crippen molar-refractivity contribution in [3.05, 3.63) is 46.6 Å². The fourth-order valence-corrected chi connectivity index (χ4v) is 6.34. The van der Waals surface area contributed by atoms with Crippen molar-refractivity contribution in [2.24, 2.45) is 0 Å². The Morgan fingerprint density at radius 2 is 1.69 bits per heavy atom. The van der Waals surface area contributed by atoms with E-state index in [-0.39, 0.29) is 0 Å². The van der Waals surface area contributed by atoms with E-state index in [4.69, 9.17) is 14.5 Å². The summed E-state index contributed by atoms with van der Waals surface area (Å²) in [5.41, 5.74) is 5.00. The Kier molecular flexibility index (Phi) is 10.2. The first-order valence-electron chi connectivity index (χ1n) is 14.3. The molecule has 10 nitrogen and oxygen atoms in total. The summed E-state index contributed by atoms with van der Waals surface area (Å²) in [6, 6.07) is 10.8. The van der Waals surface area contributed by atoms with Gasteiger partial charge in [0.2, 0.25) is 5.95 Å². The van der Waals surface area contributed by atoms with Gasteiger partial charge in [-0.15, -0.1) is 0 Å². The van der Waals surface area contributed by atoms with Crippen molar-refractivity contribution in [2.45, 2.75) is 25.8 Å². The number of benzene rings is 2. The van der Waals surface area contributed by atoms with Crippen LogP contribution in [0.4, 0.5) is 34.5 Å². The molecule has 0 unspecified atom stereocenters. The van der Waals surface area contributed by atoms with Gasteiger partial charge in [0.05, 0.1) is 35.8 Å². The van der Waals surface area contributed by atoms with Crippen molar-refractivity contribution in [3.8, 4) is 11.5 Å². The lowest BCUT2D eigenvalue weighted by Crippen LogP contribution is -2.52. The molecule has 0 atom stereocenters. The minimum Gasteiger partial charge on any atom is -0.497 e. The molecule has 3 aromatic rings. The quantitative estimate of drug-likeness (QED) is 0.226. The minimum absolute atomic E-state index is 0.465. The van der Waals surface area contributed by atoms with E-state index in [1.165, 1.54) is 62.2 Å². The molecule has 0 spiro atoms. The van der Waals surface area contributed by atoms with Crippen LogP contribution in [0, 0.1) is 6.92 Å². The maximum absolute atomic E-state index is 5.84. The molecular formula is C30H41BrN8O2S. The number of halogens is 1. The van der Waals surface area contributed by atoms with Crippen LogP contribution in [0.15, 0.2) is 41.0 Å². The summed E-state index contributed by atoms with van der Waals surface area (Å²) in [6.07, 6.45) is 6.09. The van der Waals surface area contributed by atoms with Gasteiger partial charge in [0.15, 0.2) is 0 Å². The Balaban J connectivity index is 1.29. The number of likely N-dealkylation sites (N-methyl/N-ethyl adjacent to an activating group) is 1. The third-order valence-corrected chi connectivity index (χ3v) is 9.06. The van der Waals surface area contributed by atoms with Gasteiger partial charge in [-0.25, -0.2) is 4.98 Å². The van der Waals surface area contributed by atoms with E-state index in [1.807, 2.05) is 24.5 Å². The highest BCUT2D eigenvalue weighted by molar-refractivity contribution is 9.10. The molecule has 0 aliphatic carbocycles. The molecule has 0 amide bonds. The highest BCUT2D eigenvalue weighted by atomic mass is 79.9. The number of hydrogen-bond acceptors (Lipinski definition) is 11. The second-order valence-corrected chi connectivity index (χ2v) is 12.2. The average Bonchev–Trinajstić information content (AvgIpc) is 3.00. The predicted molar refractivity (Wildman–Crippen MR) is 178 cm³/mol. The van der Waals surface area contributed by atoms with Crippen LogP contribution in [0.25, 0.3) is 0 Å². The van der Waals surface area contributed by atoms with Crippen LogP contribution in [0.3, 0.4) is 0 Å². The number of nitrogens with zero attached hydrogens (tertiary/aromatic N) is 5. The van der Waals surface area contributed by atoms with Gasteiger partial charge >= 0.3 is 0 Å². The zero-order chi connectivity index (χ0) is 29.6. The lowest BCUT2D eigenvalue weighted by molar-refractivity contribution is 0.0982. The van der Waals surface area contributed by atoms with Crippen molar-refractivity contribution in [3.63, 3.8) is 0 Å². The number of rotatable bonds is 10. The van der Waals surface area contributed by atoms with Gasteiger partial charge in [-0.1, -0.05) is 11.9 Å². The Morgan fingerprint density at radius 3 is 2.38 bits per heavy atom. The van der Waals surface area contributed by atoms with E-state index in [2.05, 4.69) is 77.1 Å². The summed E-state index contributed by atoms with van der Waals surface area (Å²) in [5, 5.41) is 6.79. The molecule has 0 saturated carbocycles. The SMILES string of the molecule is COc1ccc(Nc2nc(Nc3cc(C)c(N4CCC(N5CCN(C)CC5)CC4)cc3OC)ncc2Br)c(NSC)c1. The van der Waals surface area contributed by atoms with Crippen LogP contribution >= 0.6 is 27.9 Å². The fraction of sp³-hybridized carbons (Fsp3) is 0.467. The molecule has 1 aromatic heterocycles. The Bertz CT molecular complexity index is 1360. The summed E-state index contributed by atoms with van der Waals surface area (Å²) in [5.74, 6) is 2.63. The van der Waals surface area contributed by atoms with E-state index >= 15 is 0 Å². The molecule has 2 aliphatic heterocycles. The van der Waals surface area contributed by atoms with Crippen molar-refractivity contribution < 1.29 is 9.47 Å². The fourth-order valence-electron chi connectivity index (χ4n) is 5.66. The maximum atomic E-state index is 5.84. The van der Waals surface area contributed by atoms with Gasteiger partial charge in [-0.2, -0.15) is 4.98 Å². The summed E-state index contributed by atoms with van der Waals surface area (Å²) in [4.78, 5) is 16.9. The number of anilines is 6. The van der Waals surface area contributed by atoms with E-state index in [1.54, 1.807) is 20.4 Å².